The van der Waals surface area contributed by atoms with E-state index in [4.69, 9.17) is 28.4 Å². The molecule has 7 nitrogen and oxygen atoms in total. The normalized spacial score (nSPS) is 13.9. The van der Waals surface area contributed by atoms with Crippen molar-refractivity contribution in [3.8, 4) is 0 Å². The van der Waals surface area contributed by atoms with E-state index >= 15 is 0 Å². The number of ether oxygens (including phenoxy) is 6. The Balaban J connectivity index is -0.000000346. The van der Waals surface area contributed by atoms with Gasteiger partial charge in [0.1, 0.15) is 0 Å². The molecule has 0 aliphatic carbocycles. The summed E-state index contributed by atoms with van der Waals surface area (Å²) in [6.45, 7) is 55.4. The van der Waals surface area contributed by atoms with Crippen molar-refractivity contribution in [2.45, 2.75) is 201 Å². The molecule has 0 saturated carbocycles. The summed E-state index contributed by atoms with van der Waals surface area (Å²) in [4.78, 5) is 2.25. The van der Waals surface area contributed by atoms with Crippen LogP contribution in [0.15, 0.2) is 0 Å². The minimum atomic E-state index is -0.107. The fourth-order valence-electron chi connectivity index (χ4n) is 3.76. The molecule has 0 aromatic heterocycles. The molecule has 0 radical (unpaired) electrons. The first-order valence-corrected chi connectivity index (χ1v) is 21.3. The van der Waals surface area contributed by atoms with Gasteiger partial charge in [-0.05, 0) is 103 Å². The molecule has 0 bridgehead atoms. The van der Waals surface area contributed by atoms with Crippen molar-refractivity contribution in [3.63, 3.8) is 0 Å². The molecule has 0 aromatic carbocycles. The van der Waals surface area contributed by atoms with Gasteiger partial charge in [0.05, 0.1) is 63.1 Å². The molecule has 0 heterocycles. The summed E-state index contributed by atoms with van der Waals surface area (Å²) < 4.78 is 34.9. The Morgan fingerprint density at radius 2 is 0.868 bits per heavy atom. The predicted octanol–water partition coefficient (Wildman–Crippen LogP) is 12.4. The highest BCUT2D eigenvalue weighted by Gasteiger charge is 2.27. The molecule has 2 unspecified atom stereocenters. The van der Waals surface area contributed by atoms with Crippen LogP contribution in [0.3, 0.4) is 0 Å². The van der Waals surface area contributed by atoms with Gasteiger partial charge in [0.2, 0.25) is 0 Å². The maximum Gasteiger partial charge on any atom is 0.0857 e. The molecular formula is C46H101NO6. The fourth-order valence-corrected chi connectivity index (χ4v) is 3.76. The third kappa shape index (κ3) is 49.7. The molecule has 0 rings (SSSR count). The van der Waals surface area contributed by atoms with E-state index in [9.17, 15) is 0 Å². The lowest BCUT2D eigenvalue weighted by Crippen LogP contribution is -2.35. The average Bonchev–Trinajstić information content (AvgIpc) is 3.00. The van der Waals surface area contributed by atoms with Crippen molar-refractivity contribution in [1.29, 1.82) is 0 Å². The molecule has 0 saturated heterocycles. The Hall–Kier alpha value is -0.280. The van der Waals surface area contributed by atoms with E-state index in [1.165, 1.54) is 12.8 Å². The molecule has 0 aromatic rings. The van der Waals surface area contributed by atoms with Crippen LogP contribution in [0, 0.1) is 28.1 Å². The van der Waals surface area contributed by atoms with Crippen molar-refractivity contribution in [2.24, 2.45) is 28.1 Å². The molecule has 0 N–H and O–H groups in total. The van der Waals surface area contributed by atoms with E-state index < -0.39 is 0 Å². The van der Waals surface area contributed by atoms with Crippen molar-refractivity contribution >= 4 is 0 Å². The Morgan fingerprint density at radius 1 is 0.491 bits per heavy atom. The minimum absolute atomic E-state index is 0.0729. The number of nitrogens with zero attached hydrogens (tertiary/aromatic N) is 1. The molecule has 0 fully saturated rings. The van der Waals surface area contributed by atoms with Crippen LogP contribution in [0.5, 0.6) is 0 Å². The Kier molecular flexibility index (Phi) is 35.6. The summed E-state index contributed by atoms with van der Waals surface area (Å²) >= 11 is 0. The number of hydrogen-bond acceptors (Lipinski definition) is 7. The SMILES string of the molecule is CC(C)(C)CCOCC(OCCOC(C)(C)C)C(C)(C)C.CC(C)CCOC(COCCOC(C)(C)C)C(C)(C)C.CCC(C)CC.CCN(C)CC. The zero-order chi connectivity index (χ0) is 42.5. The van der Waals surface area contributed by atoms with E-state index in [2.05, 4.69) is 164 Å². The predicted molar refractivity (Wildman–Crippen MR) is 234 cm³/mol. The van der Waals surface area contributed by atoms with Crippen molar-refractivity contribution in [1.82, 2.24) is 4.90 Å². The van der Waals surface area contributed by atoms with Crippen LogP contribution < -0.4 is 0 Å². The Labute approximate surface area is 335 Å². The topological polar surface area (TPSA) is 58.6 Å². The first kappa shape index (κ1) is 59.4. The van der Waals surface area contributed by atoms with E-state index in [1.807, 2.05) is 0 Å². The third-order valence-corrected chi connectivity index (χ3v) is 8.65. The third-order valence-electron chi connectivity index (χ3n) is 8.65. The molecule has 0 aliphatic heterocycles. The lowest BCUT2D eigenvalue weighted by molar-refractivity contribution is -0.101. The first-order chi connectivity index (χ1) is 24.0. The highest BCUT2D eigenvalue weighted by molar-refractivity contribution is 4.75. The largest absolute Gasteiger partial charge is 0.379 e. The van der Waals surface area contributed by atoms with E-state index in [0.717, 1.165) is 45.1 Å². The summed E-state index contributed by atoms with van der Waals surface area (Å²) in [6, 6.07) is 0. The first-order valence-electron chi connectivity index (χ1n) is 21.3. The van der Waals surface area contributed by atoms with Gasteiger partial charge in [0.15, 0.2) is 0 Å². The zero-order valence-electron chi connectivity index (χ0n) is 40.6. The van der Waals surface area contributed by atoms with Gasteiger partial charge in [-0.15, -0.1) is 0 Å². The lowest BCUT2D eigenvalue weighted by Gasteiger charge is -2.31. The number of rotatable bonds is 21. The smallest absolute Gasteiger partial charge is 0.0857 e. The van der Waals surface area contributed by atoms with Crippen LogP contribution in [-0.4, -0.2) is 101 Å². The summed E-state index contributed by atoms with van der Waals surface area (Å²) in [7, 11) is 2.11. The molecule has 53 heavy (non-hydrogen) atoms. The quantitative estimate of drug-likeness (QED) is 0.108. The highest BCUT2D eigenvalue weighted by atomic mass is 16.6. The van der Waals surface area contributed by atoms with Crippen LogP contribution in [0.25, 0.3) is 0 Å². The maximum atomic E-state index is 6.00. The van der Waals surface area contributed by atoms with Crippen LogP contribution >= 0.6 is 0 Å². The van der Waals surface area contributed by atoms with Crippen LogP contribution in [0.4, 0.5) is 0 Å². The van der Waals surface area contributed by atoms with E-state index in [-0.39, 0.29) is 34.2 Å². The van der Waals surface area contributed by atoms with Gasteiger partial charge in [0, 0.05) is 13.2 Å². The van der Waals surface area contributed by atoms with Gasteiger partial charge in [-0.25, -0.2) is 0 Å². The standard InChI is InChI=1S/C18H38O3.C17H36O3.C6H14.C5H13N/c1-16(2,3)10-11-19-14-15(17(4,5)6)20-12-13-21-18(7,8)9;1-14(2)9-10-19-15(16(3,4)5)13-18-11-12-20-17(6,7)8;2*1-4-6(3)5-2/h15H,10-14H2,1-9H3;14-15H,9-13H2,1-8H3;6H,4-5H2,1-3H3;4-5H2,1-3H3. The summed E-state index contributed by atoms with van der Waals surface area (Å²) in [5.41, 5.74) is 0.286. The Bertz CT molecular complexity index is 727. The average molecular weight is 764 g/mol. The van der Waals surface area contributed by atoms with E-state index in [0.29, 0.717) is 51.0 Å². The van der Waals surface area contributed by atoms with E-state index in [1.54, 1.807) is 0 Å². The van der Waals surface area contributed by atoms with Crippen LogP contribution in [-0.2, 0) is 28.4 Å². The van der Waals surface area contributed by atoms with Gasteiger partial charge < -0.3 is 33.3 Å². The van der Waals surface area contributed by atoms with Crippen LogP contribution in [0.1, 0.15) is 178 Å². The number of hydrogen-bond donors (Lipinski definition) is 0. The maximum absolute atomic E-state index is 6.00. The van der Waals surface area contributed by atoms with Gasteiger partial charge in [-0.2, -0.15) is 0 Å². The molecule has 0 amide bonds. The minimum Gasteiger partial charge on any atom is -0.379 e. The summed E-state index contributed by atoms with van der Waals surface area (Å²) in [5, 5.41) is 0. The van der Waals surface area contributed by atoms with Gasteiger partial charge in [-0.3, -0.25) is 0 Å². The van der Waals surface area contributed by atoms with Gasteiger partial charge >= 0.3 is 0 Å². The summed E-state index contributed by atoms with van der Waals surface area (Å²) in [5.74, 6) is 1.61. The molecule has 0 aliphatic rings. The van der Waals surface area contributed by atoms with Crippen LogP contribution in [0.2, 0.25) is 0 Å². The van der Waals surface area contributed by atoms with Gasteiger partial charge in [0.25, 0.3) is 0 Å². The Morgan fingerprint density at radius 3 is 1.15 bits per heavy atom. The second kappa shape index (κ2) is 31.8. The molecule has 7 heteroatoms. The molecule has 326 valence electrons. The van der Waals surface area contributed by atoms with Crippen molar-refractivity contribution in [3.05, 3.63) is 0 Å². The molecule has 0 spiro atoms. The molecular weight excluding hydrogens is 663 g/mol. The lowest BCUT2D eigenvalue weighted by atomic mass is 9.89. The monoisotopic (exact) mass is 764 g/mol. The van der Waals surface area contributed by atoms with Gasteiger partial charge in [-0.1, -0.05) is 124 Å². The second-order valence-corrected chi connectivity index (χ2v) is 20.4. The molecule has 2 atom stereocenters. The highest BCUT2D eigenvalue weighted by Crippen LogP contribution is 2.25. The fraction of sp³-hybridized carbons (Fsp3) is 1.00. The summed E-state index contributed by atoms with van der Waals surface area (Å²) in [6.07, 6.45) is 5.06. The van der Waals surface area contributed by atoms with Crippen molar-refractivity contribution in [2.75, 3.05) is 73.0 Å². The zero-order valence-corrected chi connectivity index (χ0v) is 40.6. The second-order valence-electron chi connectivity index (χ2n) is 20.4. The van der Waals surface area contributed by atoms with Crippen molar-refractivity contribution < 1.29 is 28.4 Å².